The van der Waals surface area contributed by atoms with Crippen LogP contribution in [0.25, 0.3) is 11.4 Å². The molecule has 25 heavy (non-hydrogen) atoms. The van der Waals surface area contributed by atoms with Crippen molar-refractivity contribution in [3.05, 3.63) is 64.5 Å². The van der Waals surface area contributed by atoms with Crippen molar-refractivity contribution in [3.8, 4) is 17.1 Å². The molecule has 2 heterocycles. The van der Waals surface area contributed by atoms with Crippen LogP contribution < -0.4 is 15.6 Å². The fourth-order valence-corrected chi connectivity index (χ4v) is 3.15. The molecule has 1 fully saturated rings. The minimum atomic E-state index is -0.0344. The van der Waals surface area contributed by atoms with Gasteiger partial charge in [-0.1, -0.05) is 33.2 Å². The Hall–Kier alpha value is -2.22. The summed E-state index contributed by atoms with van der Waals surface area (Å²) in [5.74, 6) is 2.02. The molecule has 0 bridgehead atoms. The lowest BCUT2D eigenvalue weighted by Gasteiger charge is -2.10. The molecule has 2 atom stereocenters. The van der Waals surface area contributed by atoms with Gasteiger partial charge in [0.25, 0.3) is 0 Å². The van der Waals surface area contributed by atoms with Crippen LogP contribution in [0.1, 0.15) is 30.0 Å². The fourth-order valence-electron chi connectivity index (χ4n) is 2.89. The topological polar surface area (TPSA) is 72.2 Å². The van der Waals surface area contributed by atoms with Gasteiger partial charge in [0.05, 0.1) is 7.11 Å². The number of benzene rings is 2. The minimum Gasteiger partial charge on any atom is -0.497 e. The van der Waals surface area contributed by atoms with Crippen molar-refractivity contribution in [1.82, 2.24) is 21.0 Å². The number of methoxy groups -OCH3 is 1. The normalized spacial score (nSPS) is 19.9. The number of nitrogens with zero attached hydrogens (tertiary/aromatic N) is 2. The number of aromatic nitrogens is 2. The largest absolute Gasteiger partial charge is 0.497 e. The molecule has 0 spiro atoms. The molecule has 2 unspecified atom stereocenters. The van der Waals surface area contributed by atoms with E-state index < -0.39 is 0 Å². The third-order valence-electron chi connectivity index (χ3n) is 4.24. The molecule has 3 aromatic rings. The van der Waals surface area contributed by atoms with E-state index >= 15 is 0 Å². The fraction of sp³-hybridized carbons (Fsp3) is 0.222. The second-order valence-corrected chi connectivity index (χ2v) is 6.78. The number of nitrogens with one attached hydrogen (secondary N) is 2. The van der Waals surface area contributed by atoms with Crippen molar-refractivity contribution >= 4 is 15.9 Å². The van der Waals surface area contributed by atoms with Gasteiger partial charge >= 0.3 is 0 Å². The average molecular weight is 401 g/mol. The van der Waals surface area contributed by atoms with Gasteiger partial charge in [-0.05, 0) is 48.4 Å². The first-order valence-electron chi connectivity index (χ1n) is 7.97. The van der Waals surface area contributed by atoms with Crippen LogP contribution >= 0.6 is 15.9 Å². The molecule has 7 heteroatoms. The van der Waals surface area contributed by atoms with E-state index in [2.05, 4.69) is 43.0 Å². The second-order valence-electron chi connectivity index (χ2n) is 5.87. The summed E-state index contributed by atoms with van der Waals surface area (Å²) in [6.07, 6.45) is 0.815. The second kappa shape index (κ2) is 6.95. The van der Waals surface area contributed by atoms with Crippen LogP contribution in [0.3, 0.4) is 0 Å². The molecule has 2 aromatic carbocycles. The Morgan fingerprint density at radius 3 is 2.72 bits per heavy atom. The van der Waals surface area contributed by atoms with Gasteiger partial charge in [0.1, 0.15) is 11.8 Å². The molecular formula is C18H17BrN4O2. The van der Waals surface area contributed by atoms with Crippen LogP contribution in [-0.4, -0.2) is 17.3 Å². The number of ether oxygens (including phenoxy) is 1. The highest BCUT2D eigenvalue weighted by atomic mass is 79.9. The molecule has 4 rings (SSSR count). The minimum absolute atomic E-state index is 0.0344. The first-order valence-corrected chi connectivity index (χ1v) is 8.77. The maximum atomic E-state index is 5.46. The average Bonchev–Trinajstić information content (AvgIpc) is 3.32. The molecule has 0 amide bonds. The zero-order valence-electron chi connectivity index (χ0n) is 13.6. The Morgan fingerprint density at radius 1 is 1.12 bits per heavy atom. The standard InChI is InChI=1S/C18H17BrN4O2/c1-24-14-4-2-3-12(9-14)15-10-16(22-21-15)18-20-17(23-25-18)11-5-7-13(19)8-6-11/h2-9,15-16,21-22H,10H2,1H3. The summed E-state index contributed by atoms with van der Waals surface area (Å²) in [5, 5.41) is 4.10. The Morgan fingerprint density at radius 2 is 1.92 bits per heavy atom. The van der Waals surface area contributed by atoms with Crippen molar-refractivity contribution < 1.29 is 9.26 Å². The van der Waals surface area contributed by atoms with Crippen molar-refractivity contribution in [2.45, 2.75) is 18.5 Å². The first-order chi connectivity index (χ1) is 12.2. The van der Waals surface area contributed by atoms with Gasteiger partial charge in [-0.15, -0.1) is 0 Å². The third-order valence-corrected chi connectivity index (χ3v) is 4.77. The van der Waals surface area contributed by atoms with E-state index in [4.69, 9.17) is 9.26 Å². The van der Waals surface area contributed by atoms with E-state index in [1.54, 1.807) is 7.11 Å². The molecular weight excluding hydrogens is 384 g/mol. The number of halogens is 1. The lowest BCUT2D eigenvalue weighted by atomic mass is 10.0. The van der Waals surface area contributed by atoms with E-state index in [1.807, 2.05) is 42.5 Å². The molecule has 1 aromatic heterocycles. The van der Waals surface area contributed by atoms with Gasteiger partial charge in [0.15, 0.2) is 0 Å². The smallest absolute Gasteiger partial charge is 0.245 e. The molecule has 6 nitrogen and oxygen atoms in total. The molecule has 1 saturated heterocycles. The summed E-state index contributed by atoms with van der Waals surface area (Å²) >= 11 is 3.42. The molecule has 0 radical (unpaired) electrons. The quantitative estimate of drug-likeness (QED) is 0.693. The SMILES string of the molecule is COc1cccc(C2CC(c3nc(-c4ccc(Br)cc4)no3)NN2)c1. The lowest BCUT2D eigenvalue weighted by molar-refractivity contribution is 0.340. The van der Waals surface area contributed by atoms with Gasteiger partial charge in [-0.25, -0.2) is 10.9 Å². The van der Waals surface area contributed by atoms with E-state index in [9.17, 15) is 0 Å². The summed E-state index contributed by atoms with van der Waals surface area (Å²) < 4.78 is 11.8. The maximum absolute atomic E-state index is 5.46. The summed E-state index contributed by atoms with van der Waals surface area (Å²) in [4.78, 5) is 4.53. The van der Waals surface area contributed by atoms with Crippen LogP contribution in [0.5, 0.6) is 5.75 Å². The van der Waals surface area contributed by atoms with Gasteiger partial charge in [0, 0.05) is 16.1 Å². The monoisotopic (exact) mass is 400 g/mol. The highest BCUT2D eigenvalue weighted by Gasteiger charge is 2.30. The predicted octanol–water partition coefficient (Wildman–Crippen LogP) is 3.79. The van der Waals surface area contributed by atoms with Gasteiger partial charge in [-0.2, -0.15) is 4.98 Å². The van der Waals surface area contributed by atoms with Gasteiger partial charge in [-0.3, -0.25) is 0 Å². The zero-order valence-corrected chi connectivity index (χ0v) is 15.2. The highest BCUT2D eigenvalue weighted by Crippen LogP contribution is 2.32. The predicted molar refractivity (Wildman–Crippen MR) is 96.8 cm³/mol. The Kier molecular flexibility index (Phi) is 4.52. The van der Waals surface area contributed by atoms with E-state index in [1.165, 1.54) is 0 Å². The molecule has 1 aliphatic heterocycles. The van der Waals surface area contributed by atoms with Crippen LogP contribution in [0, 0.1) is 0 Å². The summed E-state index contributed by atoms with van der Waals surface area (Å²) in [6, 6.07) is 16.0. The molecule has 2 N–H and O–H groups in total. The summed E-state index contributed by atoms with van der Waals surface area (Å²) in [5.41, 5.74) is 8.61. The number of hydrogen-bond acceptors (Lipinski definition) is 6. The van der Waals surface area contributed by atoms with Gasteiger partial charge in [0.2, 0.25) is 11.7 Å². The number of hydrogen-bond donors (Lipinski definition) is 2. The van der Waals surface area contributed by atoms with Crippen molar-refractivity contribution in [2.75, 3.05) is 7.11 Å². The number of hydrazine groups is 1. The summed E-state index contributed by atoms with van der Waals surface area (Å²) in [6.45, 7) is 0. The van der Waals surface area contributed by atoms with Gasteiger partial charge < -0.3 is 9.26 Å². The van der Waals surface area contributed by atoms with Crippen LogP contribution in [0.2, 0.25) is 0 Å². The lowest BCUT2D eigenvalue weighted by Crippen LogP contribution is -2.26. The first kappa shape index (κ1) is 16.3. The van der Waals surface area contributed by atoms with Crippen LogP contribution in [0.4, 0.5) is 0 Å². The van der Waals surface area contributed by atoms with Crippen molar-refractivity contribution in [1.29, 1.82) is 0 Å². The van der Waals surface area contributed by atoms with E-state index in [-0.39, 0.29) is 12.1 Å². The highest BCUT2D eigenvalue weighted by molar-refractivity contribution is 9.10. The number of rotatable bonds is 4. The molecule has 1 aliphatic rings. The Balaban J connectivity index is 1.49. The van der Waals surface area contributed by atoms with Crippen LogP contribution in [0.15, 0.2) is 57.5 Å². The summed E-state index contributed by atoms with van der Waals surface area (Å²) in [7, 11) is 1.67. The van der Waals surface area contributed by atoms with Crippen molar-refractivity contribution in [3.63, 3.8) is 0 Å². The Bertz CT molecular complexity index is 866. The maximum Gasteiger partial charge on any atom is 0.245 e. The van der Waals surface area contributed by atoms with E-state index in [0.717, 1.165) is 27.8 Å². The zero-order chi connectivity index (χ0) is 17.2. The van der Waals surface area contributed by atoms with Crippen LogP contribution in [-0.2, 0) is 0 Å². The third kappa shape index (κ3) is 3.44. The molecule has 0 saturated carbocycles. The van der Waals surface area contributed by atoms with Crippen molar-refractivity contribution in [2.24, 2.45) is 0 Å². The Labute approximate surface area is 153 Å². The molecule has 0 aliphatic carbocycles. The van der Waals surface area contributed by atoms with E-state index in [0.29, 0.717) is 11.7 Å². The molecule has 128 valence electrons.